The number of unbranched alkanes of at least 4 members (excludes halogenated alkanes) is 2. The molecule has 5 atom stereocenters. The lowest BCUT2D eigenvalue weighted by atomic mass is 9.87. The van der Waals surface area contributed by atoms with Gasteiger partial charge >= 0.3 is 0 Å². The van der Waals surface area contributed by atoms with Gasteiger partial charge in [-0.05, 0) is 63.7 Å². The molecule has 1 fully saturated rings. The fourth-order valence-corrected chi connectivity index (χ4v) is 4.85. The van der Waals surface area contributed by atoms with Crippen molar-refractivity contribution in [2.24, 2.45) is 17.8 Å². The lowest BCUT2D eigenvalue weighted by Gasteiger charge is -2.22. The zero-order chi connectivity index (χ0) is 21.3. The van der Waals surface area contributed by atoms with Crippen LogP contribution in [0.1, 0.15) is 78.1 Å². The Balaban J connectivity index is 1.74. The summed E-state index contributed by atoms with van der Waals surface area (Å²) in [4.78, 5) is 11.6. The second-order valence-electron chi connectivity index (χ2n) is 9.25. The highest BCUT2D eigenvalue weighted by Crippen LogP contribution is 2.48. The van der Waals surface area contributed by atoms with Gasteiger partial charge in [0.1, 0.15) is 0 Å². The monoisotopic (exact) mass is 407 g/mol. The summed E-state index contributed by atoms with van der Waals surface area (Å²) in [5, 5.41) is 32.4. The van der Waals surface area contributed by atoms with Gasteiger partial charge in [-0.2, -0.15) is 0 Å². The lowest BCUT2D eigenvalue weighted by molar-refractivity contribution is -0.121. The molecule has 1 saturated carbocycles. The van der Waals surface area contributed by atoms with Gasteiger partial charge in [0, 0.05) is 18.9 Å². The molecule has 0 spiro atoms. The number of carbonyl (C=O) groups is 1. The van der Waals surface area contributed by atoms with E-state index >= 15 is 0 Å². The Bertz CT molecular complexity index is 569. The predicted octanol–water partition coefficient (Wildman–Crippen LogP) is 3.49. The number of fused-ring (bicyclic) bond motifs is 1. The van der Waals surface area contributed by atoms with Crippen LogP contribution in [0.2, 0.25) is 0 Å². The van der Waals surface area contributed by atoms with E-state index in [0.29, 0.717) is 31.2 Å². The third-order valence-corrected chi connectivity index (χ3v) is 6.52. The molecule has 0 radical (unpaired) electrons. The Labute approximate surface area is 176 Å². The molecule has 2 aliphatic carbocycles. The zero-order valence-corrected chi connectivity index (χ0v) is 18.3. The normalized spacial score (nSPS) is 28.4. The summed E-state index contributed by atoms with van der Waals surface area (Å²) in [5.74, 6) is 1.13. The van der Waals surface area contributed by atoms with Crippen molar-refractivity contribution in [2.75, 3.05) is 13.2 Å². The summed E-state index contributed by atoms with van der Waals surface area (Å²) in [5.41, 5.74) is 0.814. The average molecular weight is 408 g/mol. The van der Waals surface area contributed by atoms with Gasteiger partial charge in [-0.1, -0.05) is 43.6 Å². The van der Waals surface area contributed by atoms with Crippen molar-refractivity contribution >= 4 is 5.91 Å². The SMILES string of the molecule is CCCC[C@](C)(O)CC=C[C@@H]1[C@H]2CC(CCCCC(=O)NCCO)=C[C@H]2C[C@H]1O. The first-order valence-corrected chi connectivity index (χ1v) is 11.5. The number of hydrogen-bond donors (Lipinski definition) is 4. The van der Waals surface area contributed by atoms with Gasteiger partial charge in [-0.25, -0.2) is 0 Å². The summed E-state index contributed by atoms with van der Waals surface area (Å²) in [6.07, 6.45) is 15.2. The summed E-state index contributed by atoms with van der Waals surface area (Å²) in [6, 6.07) is 0. The van der Waals surface area contributed by atoms with E-state index in [1.807, 2.05) is 6.92 Å². The van der Waals surface area contributed by atoms with E-state index in [1.54, 1.807) is 0 Å². The molecule has 0 bridgehead atoms. The van der Waals surface area contributed by atoms with Crippen LogP contribution in [0.5, 0.6) is 0 Å². The molecule has 5 heteroatoms. The molecular weight excluding hydrogens is 366 g/mol. The van der Waals surface area contributed by atoms with E-state index in [4.69, 9.17) is 5.11 Å². The molecule has 2 aliphatic rings. The summed E-state index contributed by atoms with van der Waals surface area (Å²) in [6.45, 7) is 4.36. The molecule has 0 aromatic heterocycles. The molecule has 0 unspecified atom stereocenters. The lowest BCUT2D eigenvalue weighted by Crippen LogP contribution is -2.25. The van der Waals surface area contributed by atoms with Crippen LogP contribution >= 0.6 is 0 Å². The molecule has 4 N–H and O–H groups in total. The Morgan fingerprint density at radius 2 is 2.14 bits per heavy atom. The number of amides is 1. The highest BCUT2D eigenvalue weighted by atomic mass is 16.3. The number of rotatable bonds is 13. The van der Waals surface area contributed by atoms with E-state index in [-0.39, 0.29) is 24.5 Å². The number of aliphatic hydroxyl groups is 3. The van der Waals surface area contributed by atoms with Gasteiger partial charge < -0.3 is 20.6 Å². The molecule has 0 aromatic carbocycles. The second kappa shape index (κ2) is 11.9. The highest BCUT2D eigenvalue weighted by molar-refractivity contribution is 5.75. The van der Waals surface area contributed by atoms with Crippen molar-refractivity contribution in [3.63, 3.8) is 0 Å². The van der Waals surface area contributed by atoms with Crippen LogP contribution in [0.3, 0.4) is 0 Å². The first kappa shape index (κ1) is 24.1. The minimum atomic E-state index is -0.655. The molecule has 1 amide bonds. The minimum absolute atomic E-state index is 0.0134. The third kappa shape index (κ3) is 7.88. The van der Waals surface area contributed by atoms with Crippen LogP contribution in [-0.2, 0) is 4.79 Å². The Morgan fingerprint density at radius 1 is 1.34 bits per heavy atom. The summed E-state index contributed by atoms with van der Waals surface area (Å²) < 4.78 is 0. The Hall–Kier alpha value is -1.17. The van der Waals surface area contributed by atoms with Gasteiger partial charge in [-0.15, -0.1) is 0 Å². The van der Waals surface area contributed by atoms with Crippen LogP contribution in [0.4, 0.5) is 0 Å². The topological polar surface area (TPSA) is 89.8 Å². The van der Waals surface area contributed by atoms with Crippen molar-refractivity contribution in [3.05, 3.63) is 23.8 Å². The largest absolute Gasteiger partial charge is 0.395 e. The van der Waals surface area contributed by atoms with Crippen LogP contribution in [0, 0.1) is 17.8 Å². The maximum absolute atomic E-state index is 11.6. The molecule has 0 saturated heterocycles. The smallest absolute Gasteiger partial charge is 0.220 e. The molecule has 2 rings (SSSR count). The van der Waals surface area contributed by atoms with E-state index in [2.05, 4.69) is 30.5 Å². The van der Waals surface area contributed by atoms with Gasteiger partial charge in [0.15, 0.2) is 0 Å². The van der Waals surface area contributed by atoms with Crippen LogP contribution < -0.4 is 5.32 Å². The summed E-state index contributed by atoms with van der Waals surface area (Å²) >= 11 is 0. The first-order chi connectivity index (χ1) is 13.9. The third-order valence-electron chi connectivity index (χ3n) is 6.52. The molecule has 5 nitrogen and oxygen atoms in total. The van der Waals surface area contributed by atoms with Crippen LogP contribution in [0.15, 0.2) is 23.8 Å². The highest BCUT2D eigenvalue weighted by Gasteiger charge is 2.43. The number of allylic oxidation sites excluding steroid dienone is 2. The number of aliphatic hydroxyl groups excluding tert-OH is 2. The van der Waals surface area contributed by atoms with Crippen molar-refractivity contribution in [3.8, 4) is 0 Å². The standard InChI is InChI=1S/C24H41NO4/c1-3-4-11-24(2,29)12-7-9-20-21-16-18(15-19(21)17-22(20)27)8-5-6-10-23(28)25-13-14-26/h7,9,15,19-22,26-27,29H,3-6,8,10-14,16-17H2,1-2H3,(H,25,28)/t19-,20+,21-,22+,24-/m0/s1. The quantitative estimate of drug-likeness (QED) is 0.278. The van der Waals surface area contributed by atoms with Gasteiger partial charge in [0.2, 0.25) is 5.91 Å². The van der Waals surface area contributed by atoms with E-state index in [9.17, 15) is 15.0 Å². The van der Waals surface area contributed by atoms with Gasteiger partial charge in [0.25, 0.3) is 0 Å². The van der Waals surface area contributed by atoms with E-state index < -0.39 is 5.60 Å². The number of hydrogen-bond acceptors (Lipinski definition) is 4. The van der Waals surface area contributed by atoms with Gasteiger partial charge in [0.05, 0.1) is 18.3 Å². The fraction of sp³-hybridized carbons (Fsp3) is 0.792. The van der Waals surface area contributed by atoms with E-state index in [0.717, 1.165) is 51.4 Å². The van der Waals surface area contributed by atoms with Crippen LogP contribution in [-0.4, -0.2) is 46.1 Å². The van der Waals surface area contributed by atoms with Crippen molar-refractivity contribution < 1.29 is 20.1 Å². The second-order valence-corrected chi connectivity index (χ2v) is 9.25. The average Bonchev–Trinajstić information content (AvgIpc) is 3.19. The van der Waals surface area contributed by atoms with E-state index in [1.165, 1.54) is 5.57 Å². The molecule has 0 aliphatic heterocycles. The number of carbonyl (C=O) groups excluding carboxylic acids is 1. The molecule has 166 valence electrons. The fourth-order valence-electron chi connectivity index (χ4n) is 4.85. The summed E-state index contributed by atoms with van der Waals surface area (Å²) in [7, 11) is 0. The van der Waals surface area contributed by atoms with Gasteiger partial charge in [-0.3, -0.25) is 4.79 Å². The predicted molar refractivity (Wildman–Crippen MR) is 116 cm³/mol. The Morgan fingerprint density at radius 3 is 2.86 bits per heavy atom. The Kier molecular flexibility index (Phi) is 9.87. The zero-order valence-electron chi connectivity index (χ0n) is 18.3. The molecule has 29 heavy (non-hydrogen) atoms. The van der Waals surface area contributed by atoms with Crippen molar-refractivity contribution in [1.29, 1.82) is 0 Å². The maximum Gasteiger partial charge on any atom is 0.220 e. The first-order valence-electron chi connectivity index (χ1n) is 11.5. The maximum atomic E-state index is 11.6. The minimum Gasteiger partial charge on any atom is -0.395 e. The van der Waals surface area contributed by atoms with Crippen molar-refractivity contribution in [1.82, 2.24) is 5.32 Å². The van der Waals surface area contributed by atoms with Crippen molar-refractivity contribution in [2.45, 2.75) is 89.8 Å². The molecule has 0 heterocycles. The number of nitrogens with one attached hydrogen (secondary N) is 1. The molecular formula is C24H41NO4. The van der Waals surface area contributed by atoms with Crippen LogP contribution in [0.25, 0.3) is 0 Å². The molecule has 0 aromatic rings.